The van der Waals surface area contributed by atoms with E-state index in [1.165, 1.54) is 4.31 Å². The summed E-state index contributed by atoms with van der Waals surface area (Å²) in [5.41, 5.74) is 1.67. The summed E-state index contributed by atoms with van der Waals surface area (Å²) >= 11 is 0. The highest BCUT2D eigenvalue weighted by molar-refractivity contribution is 7.89. The Morgan fingerprint density at radius 1 is 1.12 bits per heavy atom. The summed E-state index contributed by atoms with van der Waals surface area (Å²) in [6, 6.07) is 12.4. The lowest BCUT2D eigenvalue weighted by Crippen LogP contribution is -2.41. The minimum absolute atomic E-state index is 0.132. The zero-order valence-electron chi connectivity index (χ0n) is 20.5. The number of piperidine rings is 1. The maximum atomic E-state index is 13.1. The summed E-state index contributed by atoms with van der Waals surface area (Å²) in [5, 5.41) is 2.97. The monoisotopic (exact) mass is 488 g/mol. The number of unbranched alkanes of at least 4 members (excludes halogenated alkanes) is 1. The first-order valence-corrected chi connectivity index (χ1v) is 13.4. The van der Waals surface area contributed by atoms with Gasteiger partial charge in [0.2, 0.25) is 15.9 Å². The lowest BCUT2D eigenvalue weighted by molar-refractivity contribution is -0.120. The Kier molecular flexibility index (Phi) is 8.97. The van der Waals surface area contributed by atoms with Crippen molar-refractivity contribution in [2.75, 3.05) is 32.1 Å². The number of rotatable bonds is 10. The molecule has 1 amide bonds. The van der Waals surface area contributed by atoms with Crippen molar-refractivity contribution < 1.29 is 22.7 Å². The van der Waals surface area contributed by atoms with Crippen LogP contribution in [0.15, 0.2) is 47.4 Å². The highest BCUT2D eigenvalue weighted by Gasteiger charge is 2.32. The standard InChI is InChI=1S/C26H36N2O5S/c1-5-6-17-33-25-12-9-22(32-4)18-24(25)27-26(29)21-13-15-28(16-14-21)34(30,31)23-10-7-20(8-11-23)19(2)3/h7-12,18-19,21H,5-6,13-17H2,1-4H3,(H,27,29). The molecule has 1 aliphatic rings. The first kappa shape index (κ1) is 26.0. The molecule has 0 atom stereocenters. The van der Waals surface area contributed by atoms with E-state index in [2.05, 4.69) is 26.1 Å². The molecule has 2 aromatic rings. The largest absolute Gasteiger partial charge is 0.497 e. The van der Waals surface area contributed by atoms with Gasteiger partial charge in [0.15, 0.2) is 0 Å². The van der Waals surface area contributed by atoms with E-state index in [0.717, 1.165) is 18.4 Å². The van der Waals surface area contributed by atoms with Gasteiger partial charge >= 0.3 is 0 Å². The maximum Gasteiger partial charge on any atom is 0.243 e. The fourth-order valence-electron chi connectivity index (χ4n) is 3.95. The summed E-state index contributed by atoms with van der Waals surface area (Å²) in [6.45, 7) is 7.43. The van der Waals surface area contributed by atoms with Gasteiger partial charge in [-0.3, -0.25) is 4.79 Å². The minimum atomic E-state index is -3.58. The molecular weight excluding hydrogens is 452 g/mol. The number of benzene rings is 2. The number of amides is 1. The molecule has 3 rings (SSSR count). The van der Waals surface area contributed by atoms with E-state index < -0.39 is 10.0 Å². The average Bonchev–Trinajstić information content (AvgIpc) is 2.85. The van der Waals surface area contributed by atoms with E-state index >= 15 is 0 Å². The number of nitrogens with zero attached hydrogens (tertiary/aromatic N) is 1. The summed E-state index contributed by atoms with van der Waals surface area (Å²) in [5.74, 6) is 1.17. The van der Waals surface area contributed by atoms with Crippen LogP contribution in [0.25, 0.3) is 0 Å². The number of carbonyl (C=O) groups excluding carboxylic acids is 1. The second-order valence-corrected chi connectivity index (χ2v) is 10.9. The van der Waals surface area contributed by atoms with Gasteiger partial charge in [-0.1, -0.05) is 39.3 Å². The van der Waals surface area contributed by atoms with Crippen molar-refractivity contribution in [1.29, 1.82) is 0 Å². The van der Waals surface area contributed by atoms with E-state index in [9.17, 15) is 13.2 Å². The van der Waals surface area contributed by atoms with Crippen molar-refractivity contribution in [3.05, 3.63) is 48.0 Å². The molecular formula is C26H36N2O5S. The number of ether oxygens (including phenoxy) is 2. The Hall–Kier alpha value is -2.58. The third-order valence-electron chi connectivity index (χ3n) is 6.21. The first-order chi connectivity index (χ1) is 16.3. The molecule has 0 aromatic heterocycles. The van der Waals surface area contributed by atoms with Crippen LogP contribution in [0.1, 0.15) is 57.9 Å². The van der Waals surface area contributed by atoms with Gasteiger partial charge in [0.05, 0.1) is 24.3 Å². The highest BCUT2D eigenvalue weighted by Crippen LogP contribution is 2.31. The van der Waals surface area contributed by atoms with E-state index in [-0.39, 0.29) is 11.8 Å². The summed E-state index contributed by atoms with van der Waals surface area (Å²) in [7, 11) is -2.00. The van der Waals surface area contributed by atoms with Crippen LogP contribution in [0.5, 0.6) is 11.5 Å². The Morgan fingerprint density at radius 2 is 1.79 bits per heavy atom. The van der Waals surface area contributed by atoms with Gasteiger partial charge in [-0.2, -0.15) is 4.31 Å². The molecule has 8 heteroatoms. The number of hydrogen-bond acceptors (Lipinski definition) is 5. The topological polar surface area (TPSA) is 84.9 Å². The number of anilines is 1. The van der Waals surface area contributed by atoms with Gasteiger partial charge in [-0.25, -0.2) is 8.42 Å². The van der Waals surface area contributed by atoms with Crippen molar-refractivity contribution >= 4 is 21.6 Å². The molecule has 2 aromatic carbocycles. The van der Waals surface area contributed by atoms with Crippen LogP contribution in [0.4, 0.5) is 5.69 Å². The predicted octanol–water partition coefficient (Wildman–Crippen LogP) is 5.04. The zero-order chi connectivity index (χ0) is 24.7. The Morgan fingerprint density at radius 3 is 2.38 bits per heavy atom. The van der Waals surface area contributed by atoms with Crippen LogP contribution in [-0.4, -0.2) is 45.4 Å². The van der Waals surface area contributed by atoms with Crippen LogP contribution in [-0.2, 0) is 14.8 Å². The van der Waals surface area contributed by atoms with E-state index in [1.54, 1.807) is 37.4 Å². The molecule has 0 bridgehead atoms. The van der Waals surface area contributed by atoms with Gasteiger partial charge in [0.25, 0.3) is 0 Å². The minimum Gasteiger partial charge on any atom is -0.497 e. The van der Waals surface area contributed by atoms with Gasteiger partial charge in [0.1, 0.15) is 11.5 Å². The van der Waals surface area contributed by atoms with E-state index in [0.29, 0.717) is 60.5 Å². The lowest BCUT2D eigenvalue weighted by Gasteiger charge is -2.30. The van der Waals surface area contributed by atoms with Crippen molar-refractivity contribution in [3.8, 4) is 11.5 Å². The van der Waals surface area contributed by atoms with Crippen molar-refractivity contribution in [2.45, 2.75) is 57.3 Å². The number of sulfonamides is 1. The third-order valence-corrected chi connectivity index (χ3v) is 8.12. The highest BCUT2D eigenvalue weighted by atomic mass is 32.2. The van der Waals surface area contributed by atoms with Crippen molar-refractivity contribution in [3.63, 3.8) is 0 Å². The van der Waals surface area contributed by atoms with Crippen molar-refractivity contribution in [2.24, 2.45) is 5.92 Å². The first-order valence-electron chi connectivity index (χ1n) is 12.0. The molecule has 0 saturated carbocycles. The second kappa shape index (κ2) is 11.7. The summed E-state index contributed by atoms with van der Waals surface area (Å²) in [4.78, 5) is 13.3. The van der Waals surface area contributed by atoms with Crippen LogP contribution >= 0.6 is 0 Å². The molecule has 1 saturated heterocycles. The fraction of sp³-hybridized carbons (Fsp3) is 0.500. The normalized spacial score (nSPS) is 15.3. The quantitative estimate of drug-likeness (QED) is 0.474. The molecule has 1 aliphatic heterocycles. The Bertz CT molecular complexity index is 1060. The number of carbonyl (C=O) groups is 1. The zero-order valence-corrected chi connectivity index (χ0v) is 21.4. The SMILES string of the molecule is CCCCOc1ccc(OC)cc1NC(=O)C1CCN(S(=O)(=O)c2ccc(C(C)C)cc2)CC1. The number of methoxy groups -OCH3 is 1. The smallest absolute Gasteiger partial charge is 0.243 e. The molecule has 0 unspecified atom stereocenters. The van der Waals surface area contributed by atoms with Crippen LogP contribution in [0.3, 0.4) is 0 Å². The fourth-order valence-corrected chi connectivity index (χ4v) is 5.42. The number of hydrogen-bond donors (Lipinski definition) is 1. The van der Waals surface area contributed by atoms with Gasteiger partial charge in [-0.05, 0) is 55.0 Å². The summed E-state index contributed by atoms with van der Waals surface area (Å²) < 4.78 is 38.8. The molecule has 0 spiro atoms. The Labute approximate surface area is 203 Å². The molecule has 1 fully saturated rings. The van der Waals surface area contributed by atoms with Gasteiger partial charge in [0, 0.05) is 25.1 Å². The van der Waals surface area contributed by atoms with E-state index in [1.807, 2.05) is 12.1 Å². The molecule has 34 heavy (non-hydrogen) atoms. The Balaban J connectivity index is 1.63. The van der Waals surface area contributed by atoms with Crippen LogP contribution < -0.4 is 14.8 Å². The second-order valence-electron chi connectivity index (χ2n) is 8.96. The van der Waals surface area contributed by atoms with Crippen LogP contribution in [0, 0.1) is 5.92 Å². The van der Waals surface area contributed by atoms with Gasteiger partial charge < -0.3 is 14.8 Å². The lowest BCUT2D eigenvalue weighted by atomic mass is 9.97. The molecule has 0 radical (unpaired) electrons. The number of nitrogens with one attached hydrogen (secondary N) is 1. The van der Waals surface area contributed by atoms with E-state index in [4.69, 9.17) is 9.47 Å². The molecule has 186 valence electrons. The third kappa shape index (κ3) is 6.30. The maximum absolute atomic E-state index is 13.1. The summed E-state index contributed by atoms with van der Waals surface area (Å²) in [6.07, 6.45) is 2.87. The van der Waals surface area contributed by atoms with Crippen molar-refractivity contribution in [1.82, 2.24) is 4.31 Å². The molecule has 7 nitrogen and oxygen atoms in total. The van der Waals surface area contributed by atoms with Crippen LogP contribution in [0.2, 0.25) is 0 Å². The van der Waals surface area contributed by atoms with Gasteiger partial charge in [-0.15, -0.1) is 0 Å². The predicted molar refractivity (Wildman–Crippen MR) is 134 cm³/mol. The molecule has 0 aliphatic carbocycles. The molecule has 1 N–H and O–H groups in total. The molecule has 1 heterocycles. The average molecular weight is 489 g/mol.